The first kappa shape index (κ1) is 15.5. The van der Waals surface area contributed by atoms with E-state index in [0.717, 1.165) is 18.1 Å². The lowest BCUT2D eigenvalue weighted by Crippen LogP contribution is -2.43. The Morgan fingerprint density at radius 3 is 2.80 bits per heavy atom. The van der Waals surface area contributed by atoms with Gasteiger partial charge in [0.1, 0.15) is 25.2 Å². The number of aromatic nitrogens is 6. The normalized spacial score (nSPS) is 16.9. The van der Waals surface area contributed by atoms with E-state index >= 15 is 0 Å². The highest BCUT2D eigenvalue weighted by molar-refractivity contribution is 5.81. The molecule has 3 aromatic rings. The lowest BCUT2D eigenvalue weighted by Gasteiger charge is -2.32. The molecular formula is C17H19N7O. The Morgan fingerprint density at radius 2 is 2.04 bits per heavy atom. The van der Waals surface area contributed by atoms with Gasteiger partial charge in [0.25, 0.3) is 0 Å². The molecule has 0 saturated carbocycles. The minimum Gasteiger partial charge on any atom is -0.333 e. The molecule has 8 heteroatoms. The molecule has 0 bridgehead atoms. The number of hydrogen-bond acceptors (Lipinski definition) is 5. The highest BCUT2D eigenvalue weighted by atomic mass is 16.2. The highest BCUT2D eigenvalue weighted by Gasteiger charge is 2.32. The number of hydrogen-bond donors (Lipinski definition) is 0. The zero-order valence-corrected chi connectivity index (χ0v) is 14.0. The van der Waals surface area contributed by atoms with E-state index in [9.17, 15) is 4.79 Å². The highest BCUT2D eigenvalue weighted by Crippen LogP contribution is 2.23. The summed E-state index contributed by atoms with van der Waals surface area (Å²) >= 11 is 0. The first-order valence-corrected chi connectivity index (χ1v) is 8.30. The number of nitrogens with zero attached hydrogens (tertiary/aromatic N) is 7. The van der Waals surface area contributed by atoms with Gasteiger partial charge in [0, 0.05) is 6.54 Å². The van der Waals surface area contributed by atoms with Crippen molar-refractivity contribution in [3.63, 3.8) is 0 Å². The molecule has 0 unspecified atom stereocenters. The number of amides is 1. The average Bonchev–Trinajstić information content (AvgIpc) is 3.28. The Morgan fingerprint density at radius 1 is 1.20 bits per heavy atom. The van der Waals surface area contributed by atoms with Crippen LogP contribution < -0.4 is 0 Å². The third-order valence-corrected chi connectivity index (χ3v) is 4.51. The van der Waals surface area contributed by atoms with Crippen LogP contribution >= 0.6 is 0 Å². The van der Waals surface area contributed by atoms with Crippen LogP contribution in [0.3, 0.4) is 0 Å². The average molecular weight is 337 g/mol. The number of fused-ring (bicyclic) bond motifs is 1. The summed E-state index contributed by atoms with van der Waals surface area (Å²) < 4.78 is 3.60. The van der Waals surface area contributed by atoms with Gasteiger partial charge in [0.2, 0.25) is 5.91 Å². The minimum atomic E-state index is -0.312. The van der Waals surface area contributed by atoms with Crippen molar-refractivity contribution >= 4 is 5.91 Å². The van der Waals surface area contributed by atoms with Crippen molar-refractivity contribution in [2.24, 2.45) is 0 Å². The van der Waals surface area contributed by atoms with Crippen molar-refractivity contribution in [3.8, 4) is 0 Å². The molecule has 0 spiro atoms. The summed E-state index contributed by atoms with van der Waals surface area (Å²) in [5, 5.41) is 12.6. The molecule has 0 saturated heterocycles. The second kappa shape index (κ2) is 6.46. The standard InChI is InChI=1S/C17H19N7O/c1-13-17(25)22(8-7-14-5-3-2-4-6-14)9-15-20-21-16(24(13)15)10-23-12-18-11-19-23/h2-6,11-13H,7-10H2,1H3/t13-/m0/s1. The Kier molecular flexibility index (Phi) is 4.01. The van der Waals surface area contributed by atoms with Crippen LogP contribution in [-0.4, -0.2) is 46.9 Å². The summed E-state index contributed by atoms with van der Waals surface area (Å²) in [5.41, 5.74) is 1.22. The Bertz CT molecular complexity index is 857. The lowest BCUT2D eigenvalue weighted by molar-refractivity contribution is -0.137. The second-order valence-electron chi connectivity index (χ2n) is 6.17. The monoisotopic (exact) mass is 337 g/mol. The SMILES string of the molecule is C[C@H]1C(=O)N(CCc2ccccc2)Cc2nnc(Cn3cncn3)n21. The molecule has 128 valence electrons. The van der Waals surface area contributed by atoms with Gasteiger partial charge in [-0.25, -0.2) is 9.67 Å². The van der Waals surface area contributed by atoms with Crippen molar-refractivity contribution < 1.29 is 4.79 Å². The second-order valence-corrected chi connectivity index (χ2v) is 6.17. The predicted octanol–water partition coefficient (Wildman–Crippen LogP) is 1.06. The summed E-state index contributed by atoms with van der Waals surface area (Å²) in [4.78, 5) is 18.6. The number of carbonyl (C=O) groups is 1. The van der Waals surface area contributed by atoms with Gasteiger partial charge in [-0.1, -0.05) is 30.3 Å². The molecular weight excluding hydrogens is 318 g/mol. The van der Waals surface area contributed by atoms with Crippen LogP contribution in [0.2, 0.25) is 0 Å². The summed E-state index contributed by atoms with van der Waals surface area (Å²) in [6.07, 6.45) is 3.94. The molecule has 3 heterocycles. The van der Waals surface area contributed by atoms with E-state index in [0.29, 0.717) is 19.6 Å². The van der Waals surface area contributed by atoms with Crippen LogP contribution in [0.4, 0.5) is 0 Å². The summed E-state index contributed by atoms with van der Waals surface area (Å²) in [5.74, 6) is 1.64. The third kappa shape index (κ3) is 3.02. The van der Waals surface area contributed by atoms with E-state index in [2.05, 4.69) is 32.4 Å². The molecule has 25 heavy (non-hydrogen) atoms. The van der Waals surface area contributed by atoms with Gasteiger partial charge in [0.15, 0.2) is 11.6 Å². The minimum absolute atomic E-state index is 0.100. The molecule has 8 nitrogen and oxygen atoms in total. The van der Waals surface area contributed by atoms with Crippen LogP contribution in [-0.2, 0) is 24.3 Å². The van der Waals surface area contributed by atoms with Crippen molar-refractivity contribution in [1.82, 2.24) is 34.4 Å². The fourth-order valence-corrected chi connectivity index (χ4v) is 3.20. The molecule has 1 amide bonds. The zero-order valence-electron chi connectivity index (χ0n) is 14.0. The maximum absolute atomic E-state index is 12.8. The van der Waals surface area contributed by atoms with Crippen LogP contribution in [0.25, 0.3) is 0 Å². The van der Waals surface area contributed by atoms with Crippen molar-refractivity contribution in [1.29, 1.82) is 0 Å². The van der Waals surface area contributed by atoms with Crippen molar-refractivity contribution in [3.05, 3.63) is 60.2 Å². The molecule has 0 aliphatic carbocycles. The topological polar surface area (TPSA) is 81.7 Å². The van der Waals surface area contributed by atoms with Gasteiger partial charge in [-0.2, -0.15) is 5.10 Å². The molecule has 0 radical (unpaired) electrons. The maximum atomic E-state index is 12.8. The van der Waals surface area contributed by atoms with Crippen LogP contribution in [0.5, 0.6) is 0 Å². The third-order valence-electron chi connectivity index (χ3n) is 4.51. The summed E-state index contributed by atoms with van der Waals surface area (Å²) in [6.45, 7) is 3.52. The van der Waals surface area contributed by atoms with Gasteiger partial charge in [-0.15, -0.1) is 10.2 Å². The van der Waals surface area contributed by atoms with Gasteiger partial charge >= 0.3 is 0 Å². The van der Waals surface area contributed by atoms with E-state index in [-0.39, 0.29) is 11.9 Å². The van der Waals surface area contributed by atoms with E-state index in [1.807, 2.05) is 34.6 Å². The van der Waals surface area contributed by atoms with E-state index < -0.39 is 0 Å². The van der Waals surface area contributed by atoms with E-state index in [1.54, 1.807) is 11.0 Å². The molecule has 0 fully saturated rings. The zero-order chi connectivity index (χ0) is 17.2. The Hall–Kier alpha value is -3.03. The summed E-state index contributed by atoms with van der Waals surface area (Å²) in [7, 11) is 0. The van der Waals surface area contributed by atoms with Crippen LogP contribution in [0.1, 0.15) is 30.2 Å². The maximum Gasteiger partial charge on any atom is 0.245 e. The van der Waals surface area contributed by atoms with Crippen LogP contribution in [0, 0.1) is 0 Å². The van der Waals surface area contributed by atoms with Gasteiger partial charge in [-0.05, 0) is 18.9 Å². The fraction of sp³-hybridized carbons (Fsp3) is 0.353. The van der Waals surface area contributed by atoms with Crippen LogP contribution in [0.15, 0.2) is 43.0 Å². The predicted molar refractivity (Wildman–Crippen MR) is 89.4 cm³/mol. The van der Waals surface area contributed by atoms with Crippen molar-refractivity contribution in [2.45, 2.75) is 32.5 Å². The van der Waals surface area contributed by atoms with E-state index in [1.165, 1.54) is 11.9 Å². The van der Waals surface area contributed by atoms with Gasteiger partial charge < -0.3 is 4.90 Å². The Balaban J connectivity index is 1.51. The first-order chi connectivity index (χ1) is 12.2. The van der Waals surface area contributed by atoms with Gasteiger partial charge in [-0.3, -0.25) is 9.36 Å². The number of rotatable bonds is 5. The first-order valence-electron chi connectivity index (χ1n) is 8.30. The molecule has 1 aliphatic rings. The summed E-state index contributed by atoms with van der Waals surface area (Å²) in [6, 6.07) is 9.88. The number of carbonyl (C=O) groups excluding carboxylic acids is 1. The van der Waals surface area contributed by atoms with E-state index in [4.69, 9.17) is 0 Å². The molecule has 1 aliphatic heterocycles. The van der Waals surface area contributed by atoms with Gasteiger partial charge in [0.05, 0.1) is 6.54 Å². The number of benzene rings is 1. The largest absolute Gasteiger partial charge is 0.333 e. The van der Waals surface area contributed by atoms with Crippen molar-refractivity contribution in [2.75, 3.05) is 6.54 Å². The molecule has 0 N–H and O–H groups in total. The fourth-order valence-electron chi connectivity index (χ4n) is 3.20. The molecule has 1 aromatic carbocycles. The quantitative estimate of drug-likeness (QED) is 0.695. The Labute approximate surface area is 145 Å². The molecule has 1 atom stereocenters. The molecule has 2 aromatic heterocycles. The lowest BCUT2D eigenvalue weighted by atomic mass is 10.1. The smallest absolute Gasteiger partial charge is 0.245 e. The molecule has 4 rings (SSSR count).